The van der Waals surface area contributed by atoms with Crippen molar-refractivity contribution in [2.45, 2.75) is 19.0 Å². The van der Waals surface area contributed by atoms with Crippen LogP contribution in [-0.2, 0) is 12.8 Å². The molecule has 33 heavy (non-hydrogen) atoms. The highest BCUT2D eigenvalue weighted by atomic mass is 19.4. The number of nitrogens with one attached hydrogen (secondary N) is 1. The fraction of sp³-hybridized carbons (Fsp3) is 0.417. The van der Waals surface area contributed by atoms with Gasteiger partial charge in [0.05, 0.1) is 18.4 Å². The first-order chi connectivity index (χ1) is 15.7. The van der Waals surface area contributed by atoms with Crippen LogP contribution >= 0.6 is 0 Å². The summed E-state index contributed by atoms with van der Waals surface area (Å²) in [5, 5.41) is 2.88. The van der Waals surface area contributed by atoms with Crippen LogP contribution in [0.2, 0.25) is 0 Å². The number of nitrogens with zero attached hydrogens (tertiary/aromatic N) is 3. The molecule has 2 aliphatic rings. The minimum atomic E-state index is -4.42. The van der Waals surface area contributed by atoms with Crippen molar-refractivity contribution in [3.05, 3.63) is 58.4 Å². The van der Waals surface area contributed by atoms with E-state index in [4.69, 9.17) is 4.74 Å². The topological polar surface area (TPSA) is 57.7 Å². The molecule has 176 valence electrons. The van der Waals surface area contributed by atoms with Crippen LogP contribution < -0.4 is 10.1 Å². The minimum Gasteiger partial charge on any atom is -0.496 e. The van der Waals surface area contributed by atoms with Crippen molar-refractivity contribution in [1.82, 2.24) is 14.8 Å². The Morgan fingerprint density at radius 2 is 1.91 bits per heavy atom. The molecule has 0 saturated carbocycles. The number of aromatic nitrogens is 1. The van der Waals surface area contributed by atoms with E-state index in [-0.39, 0.29) is 17.9 Å². The zero-order valence-corrected chi connectivity index (χ0v) is 18.9. The van der Waals surface area contributed by atoms with E-state index in [0.717, 1.165) is 18.7 Å². The Morgan fingerprint density at radius 3 is 2.55 bits per heavy atom. The van der Waals surface area contributed by atoms with Crippen molar-refractivity contribution in [2.75, 3.05) is 52.7 Å². The van der Waals surface area contributed by atoms with Crippen molar-refractivity contribution in [1.29, 1.82) is 0 Å². The third kappa shape index (κ3) is 4.68. The number of amides is 1. The lowest BCUT2D eigenvalue weighted by molar-refractivity contribution is -0.0687. The van der Waals surface area contributed by atoms with Crippen LogP contribution in [0.25, 0.3) is 5.57 Å². The van der Waals surface area contributed by atoms with Crippen molar-refractivity contribution in [2.24, 2.45) is 0 Å². The number of benzene rings is 1. The molecule has 2 heterocycles. The van der Waals surface area contributed by atoms with Crippen LogP contribution in [0.5, 0.6) is 5.75 Å². The number of carbonyl (C=O) groups excluding carboxylic acids is 1. The number of methoxy groups -OCH3 is 1. The normalized spacial score (nSPS) is 16.4. The molecular weight excluding hydrogens is 433 g/mol. The van der Waals surface area contributed by atoms with Crippen LogP contribution in [0.15, 0.2) is 30.3 Å². The van der Waals surface area contributed by atoms with Gasteiger partial charge in [-0.2, -0.15) is 13.2 Å². The van der Waals surface area contributed by atoms with E-state index in [1.807, 2.05) is 18.0 Å². The van der Waals surface area contributed by atoms with Gasteiger partial charge in [-0.25, -0.2) is 0 Å². The molecule has 0 spiro atoms. The van der Waals surface area contributed by atoms with E-state index in [1.54, 1.807) is 25.2 Å². The number of anilines is 1. The molecule has 2 aromatic rings. The second-order valence-electron chi connectivity index (χ2n) is 8.35. The molecule has 4 rings (SSSR count). The third-order valence-electron chi connectivity index (χ3n) is 6.19. The lowest BCUT2D eigenvalue weighted by Crippen LogP contribution is -2.47. The predicted octanol–water partition coefficient (Wildman–Crippen LogP) is 3.61. The summed E-state index contributed by atoms with van der Waals surface area (Å²) in [5.74, 6) is 0.518. The number of fused-ring (bicyclic) bond motifs is 1. The molecular formula is C24H27F3N4O2. The summed E-state index contributed by atoms with van der Waals surface area (Å²) < 4.78 is 45.7. The smallest absolute Gasteiger partial charge is 0.416 e. The highest BCUT2D eigenvalue weighted by Crippen LogP contribution is 2.43. The van der Waals surface area contributed by atoms with E-state index in [9.17, 15) is 18.0 Å². The molecule has 0 radical (unpaired) electrons. The van der Waals surface area contributed by atoms with Gasteiger partial charge in [0, 0.05) is 74.1 Å². The van der Waals surface area contributed by atoms with Gasteiger partial charge in [0.25, 0.3) is 5.91 Å². The summed E-state index contributed by atoms with van der Waals surface area (Å²) >= 11 is 0. The zero-order chi connectivity index (χ0) is 23.8. The second-order valence-corrected chi connectivity index (χ2v) is 8.35. The molecule has 1 saturated heterocycles. The summed E-state index contributed by atoms with van der Waals surface area (Å²) in [6.45, 7) is 3.03. The van der Waals surface area contributed by atoms with Crippen LogP contribution in [-0.4, -0.2) is 74.3 Å². The number of pyridine rings is 1. The van der Waals surface area contributed by atoms with E-state index in [1.165, 1.54) is 13.2 Å². The molecule has 1 N–H and O–H groups in total. The maximum Gasteiger partial charge on any atom is 0.416 e. The standard InChI is InChI=1S/C24H27F3N4O2/c1-28-20-14-17(29-19-7-6-18(22(19)20)24(25,26)27)12-15-4-5-16(13-21(15)33-3)23(32)31-10-8-30(2)9-11-31/h4-6,13-14H,7-12H2,1-3H3,(H,28,29). The van der Waals surface area contributed by atoms with Gasteiger partial charge in [-0.15, -0.1) is 0 Å². The SMILES string of the molecule is CNc1cc(Cc2ccc(C(=O)N3CCN(C)CC3)cc2OC)nc2c1C(C(F)(F)F)=CC2. The maximum atomic E-state index is 13.4. The van der Waals surface area contributed by atoms with Gasteiger partial charge in [0.1, 0.15) is 5.75 Å². The quantitative estimate of drug-likeness (QED) is 0.739. The summed E-state index contributed by atoms with van der Waals surface area (Å²) in [6, 6.07) is 6.97. The van der Waals surface area contributed by atoms with Crippen molar-refractivity contribution >= 4 is 17.2 Å². The largest absolute Gasteiger partial charge is 0.496 e. The zero-order valence-electron chi connectivity index (χ0n) is 18.9. The molecule has 1 aliphatic heterocycles. The van der Waals surface area contributed by atoms with E-state index in [0.29, 0.717) is 47.9 Å². The fourth-order valence-corrected chi connectivity index (χ4v) is 4.36. The van der Waals surface area contributed by atoms with Crippen molar-refractivity contribution < 1.29 is 22.7 Å². The molecule has 1 aromatic heterocycles. The molecule has 1 amide bonds. The number of piperazine rings is 1. The number of ether oxygens (including phenoxy) is 1. The highest BCUT2D eigenvalue weighted by Gasteiger charge is 2.39. The molecule has 0 atom stereocenters. The Bertz CT molecular complexity index is 1090. The molecule has 1 fully saturated rings. The summed E-state index contributed by atoms with van der Waals surface area (Å²) in [7, 11) is 5.18. The Morgan fingerprint density at radius 1 is 1.18 bits per heavy atom. The Hall–Kier alpha value is -3.07. The summed E-state index contributed by atoms with van der Waals surface area (Å²) in [6.07, 6.45) is -2.73. The minimum absolute atomic E-state index is 0.0353. The monoisotopic (exact) mass is 460 g/mol. The average Bonchev–Trinajstić information content (AvgIpc) is 3.23. The average molecular weight is 461 g/mol. The maximum absolute atomic E-state index is 13.4. The Labute approximate surface area is 191 Å². The van der Waals surface area contributed by atoms with Crippen LogP contribution in [0, 0.1) is 0 Å². The predicted molar refractivity (Wildman–Crippen MR) is 121 cm³/mol. The van der Waals surface area contributed by atoms with E-state index < -0.39 is 11.7 Å². The van der Waals surface area contributed by atoms with Gasteiger partial charge < -0.3 is 19.9 Å². The summed E-state index contributed by atoms with van der Waals surface area (Å²) in [4.78, 5) is 21.4. The third-order valence-corrected chi connectivity index (χ3v) is 6.19. The Balaban J connectivity index is 1.58. The molecule has 6 nitrogen and oxygen atoms in total. The fourth-order valence-electron chi connectivity index (χ4n) is 4.36. The summed E-state index contributed by atoms with van der Waals surface area (Å²) in [5.41, 5.74) is 2.27. The first-order valence-electron chi connectivity index (χ1n) is 10.8. The van der Waals surface area contributed by atoms with Gasteiger partial charge in [-0.05, 0) is 25.2 Å². The highest BCUT2D eigenvalue weighted by molar-refractivity contribution is 5.95. The van der Waals surface area contributed by atoms with Crippen LogP contribution in [0.4, 0.5) is 18.9 Å². The van der Waals surface area contributed by atoms with Gasteiger partial charge in [0.2, 0.25) is 0 Å². The molecule has 9 heteroatoms. The lowest BCUT2D eigenvalue weighted by Gasteiger charge is -2.32. The number of rotatable bonds is 5. The second kappa shape index (κ2) is 9.05. The molecule has 0 bridgehead atoms. The molecule has 1 aliphatic carbocycles. The molecule has 0 unspecified atom stereocenters. The van der Waals surface area contributed by atoms with Crippen LogP contribution in [0.1, 0.15) is 32.9 Å². The first kappa shape index (κ1) is 23.1. The lowest BCUT2D eigenvalue weighted by atomic mass is 10.0. The number of allylic oxidation sites excluding steroid dienone is 2. The van der Waals surface area contributed by atoms with Crippen LogP contribution in [0.3, 0.4) is 0 Å². The van der Waals surface area contributed by atoms with E-state index in [2.05, 4.69) is 15.2 Å². The number of hydrogen-bond donors (Lipinski definition) is 1. The van der Waals surface area contributed by atoms with Crippen molar-refractivity contribution in [3.8, 4) is 5.75 Å². The van der Waals surface area contributed by atoms with Gasteiger partial charge in [0.15, 0.2) is 0 Å². The number of carbonyl (C=O) groups is 1. The van der Waals surface area contributed by atoms with Gasteiger partial charge >= 0.3 is 6.18 Å². The van der Waals surface area contributed by atoms with Crippen molar-refractivity contribution in [3.63, 3.8) is 0 Å². The number of hydrogen-bond acceptors (Lipinski definition) is 5. The molecule has 1 aromatic carbocycles. The number of alkyl halides is 3. The van der Waals surface area contributed by atoms with Gasteiger partial charge in [-0.3, -0.25) is 9.78 Å². The number of likely N-dealkylation sites (N-methyl/N-ethyl adjacent to an activating group) is 1. The first-order valence-corrected chi connectivity index (χ1v) is 10.8. The Kier molecular flexibility index (Phi) is 6.34. The van der Waals surface area contributed by atoms with E-state index >= 15 is 0 Å². The van der Waals surface area contributed by atoms with Gasteiger partial charge in [-0.1, -0.05) is 12.1 Å². The number of halogens is 3.